The van der Waals surface area contributed by atoms with Crippen LogP contribution in [0, 0.1) is 0 Å². The maximum absolute atomic E-state index is 12.1. The zero-order chi connectivity index (χ0) is 14.3. The molecular formula is C15H27NO4. The van der Waals surface area contributed by atoms with Gasteiger partial charge in [0.2, 0.25) is 0 Å². The summed E-state index contributed by atoms with van der Waals surface area (Å²) in [5.74, 6) is -0.105. The maximum atomic E-state index is 12.1. The topological polar surface area (TPSA) is 56.8 Å². The van der Waals surface area contributed by atoms with E-state index in [-0.39, 0.29) is 12.3 Å². The lowest BCUT2D eigenvalue weighted by Gasteiger charge is -2.28. The van der Waals surface area contributed by atoms with Crippen molar-refractivity contribution < 1.29 is 19.0 Å². The van der Waals surface area contributed by atoms with Crippen molar-refractivity contribution in [2.45, 2.75) is 63.7 Å². The SMILES string of the molecule is CCOC(=O)C1(NCCOC2CCCCO2)CCCC1. The molecule has 1 N–H and O–H groups in total. The van der Waals surface area contributed by atoms with Gasteiger partial charge in [0.1, 0.15) is 5.54 Å². The lowest BCUT2D eigenvalue weighted by molar-refractivity contribution is -0.163. The van der Waals surface area contributed by atoms with E-state index in [2.05, 4.69) is 5.32 Å². The van der Waals surface area contributed by atoms with Crippen LogP contribution in [0.15, 0.2) is 0 Å². The Bertz CT molecular complexity index is 296. The molecule has 2 rings (SSSR count). The molecule has 116 valence electrons. The van der Waals surface area contributed by atoms with Crippen molar-refractivity contribution >= 4 is 5.97 Å². The number of ether oxygens (including phenoxy) is 3. The lowest BCUT2D eigenvalue weighted by atomic mass is 9.98. The first-order valence-corrected chi connectivity index (χ1v) is 7.92. The molecule has 5 nitrogen and oxygen atoms in total. The van der Waals surface area contributed by atoms with Gasteiger partial charge in [-0.1, -0.05) is 12.8 Å². The molecule has 1 atom stereocenters. The van der Waals surface area contributed by atoms with Gasteiger partial charge in [-0.25, -0.2) is 0 Å². The highest BCUT2D eigenvalue weighted by Crippen LogP contribution is 2.30. The smallest absolute Gasteiger partial charge is 0.326 e. The Kier molecular flexibility index (Phi) is 6.26. The minimum absolute atomic E-state index is 0.0623. The average Bonchev–Trinajstić information content (AvgIpc) is 2.95. The van der Waals surface area contributed by atoms with Crippen LogP contribution in [0.25, 0.3) is 0 Å². The fourth-order valence-electron chi connectivity index (χ4n) is 3.02. The van der Waals surface area contributed by atoms with E-state index < -0.39 is 5.54 Å². The van der Waals surface area contributed by atoms with E-state index in [9.17, 15) is 4.79 Å². The molecule has 2 aliphatic rings. The Morgan fingerprint density at radius 3 is 2.75 bits per heavy atom. The second-order valence-corrected chi connectivity index (χ2v) is 5.60. The van der Waals surface area contributed by atoms with E-state index >= 15 is 0 Å². The predicted molar refractivity (Wildman–Crippen MR) is 75.4 cm³/mol. The second-order valence-electron chi connectivity index (χ2n) is 5.60. The molecule has 0 aromatic rings. The summed E-state index contributed by atoms with van der Waals surface area (Å²) < 4.78 is 16.4. The maximum Gasteiger partial charge on any atom is 0.326 e. The van der Waals surface area contributed by atoms with Gasteiger partial charge in [0.15, 0.2) is 6.29 Å². The Hall–Kier alpha value is -0.650. The minimum atomic E-state index is -0.479. The molecule has 0 spiro atoms. The van der Waals surface area contributed by atoms with Crippen LogP contribution in [0.2, 0.25) is 0 Å². The number of hydrogen-bond acceptors (Lipinski definition) is 5. The van der Waals surface area contributed by atoms with Crippen LogP contribution in [0.4, 0.5) is 0 Å². The molecule has 5 heteroatoms. The van der Waals surface area contributed by atoms with Crippen LogP contribution in [0.1, 0.15) is 51.9 Å². The van der Waals surface area contributed by atoms with Crippen molar-refractivity contribution in [1.29, 1.82) is 0 Å². The number of rotatable bonds is 7. The predicted octanol–water partition coefficient (Wildman–Crippen LogP) is 2.00. The number of esters is 1. The van der Waals surface area contributed by atoms with Crippen LogP contribution in [-0.2, 0) is 19.0 Å². The van der Waals surface area contributed by atoms with Crippen molar-refractivity contribution in [1.82, 2.24) is 5.32 Å². The van der Waals surface area contributed by atoms with E-state index in [1.165, 1.54) is 6.42 Å². The summed E-state index contributed by atoms with van der Waals surface area (Å²) >= 11 is 0. The minimum Gasteiger partial charge on any atom is -0.465 e. The van der Waals surface area contributed by atoms with Crippen molar-refractivity contribution in [2.24, 2.45) is 0 Å². The lowest BCUT2D eigenvalue weighted by Crippen LogP contribution is -2.52. The monoisotopic (exact) mass is 285 g/mol. The molecule has 20 heavy (non-hydrogen) atoms. The molecule has 0 amide bonds. The van der Waals surface area contributed by atoms with Gasteiger partial charge in [0, 0.05) is 13.2 Å². The van der Waals surface area contributed by atoms with Crippen LogP contribution in [0.5, 0.6) is 0 Å². The van der Waals surface area contributed by atoms with Crippen molar-refractivity contribution in [2.75, 3.05) is 26.4 Å². The number of carbonyl (C=O) groups is 1. The third-order valence-corrected chi connectivity index (χ3v) is 4.13. The highest BCUT2D eigenvalue weighted by Gasteiger charge is 2.41. The molecule has 0 aromatic carbocycles. The molecule has 1 aliphatic heterocycles. The quantitative estimate of drug-likeness (QED) is 0.573. The molecule has 0 aromatic heterocycles. The van der Waals surface area contributed by atoms with E-state index in [0.29, 0.717) is 19.8 Å². The van der Waals surface area contributed by atoms with Gasteiger partial charge in [-0.15, -0.1) is 0 Å². The molecule has 1 saturated carbocycles. The van der Waals surface area contributed by atoms with E-state index in [0.717, 1.165) is 45.1 Å². The number of nitrogens with one attached hydrogen (secondary N) is 1. The molecule has 1 heterocycles. The normalized spacial score (nSPS) is 25.6. The molecule has 0 radical (unpaired) electrons. The summed E-state index contributed by atoms with van der Waals surface area (Å²) in [7, 11) is 0. The first kappa shape index (κ1) is 15.7. The Labute approximate surface area is 121 Å². The van der Waals surface area contributed by atoms with Gasteiger partial charge in [0.25, 0.3) is 0 Å². The molecule has 1 unspecified atom stereocenters. The first-order chi connectivity index (χ1) is 9.77. The molecule has 1 saturated heterocycles. The standard InChI is InChI=1S/C15H27NO4/c1-2-18-14(17)15(8-4-5-9-15)16-10-12-20-13-7-3-6-11-19-13/h13,16H,2-12H2,1H3. The van der Waals surface area contributed by atoms with Crippen LogP contribution < -0.4 is 5.32 Å². The molecule has 2 fully saturated rings. The molecule has 0 bridgehead atoms. The van der Waals surface area contributed by atoms with Gasteiger partial charge in [-0.2, -0.15) is 0 Å². The van der Waals surface area contributed by atoms with Crippen LogP contribution in [-0.4, -0.2) is 44.2 Å². The van der Waals surface area contributed by atoms with E-state index in [1.54, 1.807) is 0 Å². The zero-order valence-corrected chi connectivity index (χ0v) is 12.5. The zero-order valence-electron chi connectivity index (χ0n) is 12.5. The summed E-state index contributed by atoms with van der Waals surface area (Å²) in [6.07, 6.45) is 7.11. The van der Waals surface area contributed by atoms with Gasteiger partial charge in [-0.3, -0.25) is 10.1 Å². The third-order valence-electron chi connectivity index (χ3n) is 4.13. The number of carbonyl (C=O) groups excluding carboxylic acids is 1. The third kappa shape index (κ3) is 4.17. The Morgan fingerprint density at radius 1 is 1.30 bits per heavy atom. The van der Waals surface area contributed by atoms with Crippen molar-refractivity contribution in [3.63, 3.8) is 0 Å². The number of hydrogen-bond donors (Lipinski definition) is 1. The van der Waals surface area contributed by atoms with Crippen molar-refractivity contribution in [3.8, 4) is 0 Å². The van der Waals surface area contributed by atoms with Crippen LogP contribution in [0.3, 0.4) is 0 Å². The summed E-state index contributed by atoms with van der Waals surface area (Å²) in [5.41, 5.74) is -0.479. The van der Waals surface area contributed by atoms with Gasteiger partial charge in [0.05, 0.1) is 13.2 Å². The molecule has 1 aliphatic carbocycles. The fraction of sp³-hybridized carbons (Fsp3) is 0.933. The van der Waals surface area contributed by atoms with Gasteiger partial charge in [-0.05, 0) is 39.0 Å². The summed E-state index contributed by atoms with van der Waals surface area (Å²) in [6, 6.07) is 0. The van der Waals surface area contributed by atoms with E-state index in [4.69, 9.17) is 14.2 Å². The fourth-order valence-corrected chi connectivity index (χ4v) is 3.02. The second kappa shape index (κ2) is 7.96. The summed E-state index contributed by atoms with van der Waals surface area (Å²) in [5, 5.41) is 3.36. The van der Waals surface area contributed by atoms with Gasteiger partial charge < -0.3 is 14.2 Å². The Balaban J connectivity index is 1.70. The first-order valence-electron chi connectivity index (χ1n) is 7.92. The highest BCUT2D eigenvalue weighted by atomic mass is 16.7. The molecular weight excluding hydrogens is 258 g/mol. The van der Waals surface area contributed by atoms with E-state index in [1.807, 2.05) is 6.92 Å². The van der Waals surface area contributed by atoms with Crippen molar-refractivity contribution in [3.05, 3.63) is 0 Å². The summed E-state index contributed by atoms with van der Waals surface area (Å²) in [6.45, 7) is 4.33. The Morgan fingerprint density at radius 2 is 2.10 bits per heavy atom. The van der Waals surface area contributed by atoms with Gasteiger partial charge >= 0.3 is 5.97 Å². The highest BCUT2D eigenvalue weighted by molar-refractivity contribution is 5.81. The summed E-state index contributed by atoms with van der Waals surface area (Å²) in [4.78, 5) is 12.1. The van der Waals surface area contributed by atoms with Crippen LogP contribution >= 0.6 is 0 Å². The largest absolute Gasteiger partial charge is 0.465 e. The average molecular weight is 285 g/mol.